The van der Waals surface area contributed by atoms with Gasteiger partial charge in [0.15, 0.2) is 5.15 Å². The van der Waals surface area contributed by atoms with E-state index >= 15 is 0 Å². The van der Waals surface area contributed by atoms with Crippen molar-refractivity contribution in [1.29, 1.82) is 0 Å². The molecule has 0 spiro atoms. The average molecular weight is 227 g/mol. The molecule has 0 N–H and O–H groups in total. The molecule has 2 aromatic heterocycles. The third kappa shape index (κ3) is 1.61. The highest BCUT2D eigenvalue weighted by atomic mass is 35.5. The second-order valence-corrected chi connectivity index (χ2v) is 3.48. The van der Waals surface area contributed by atoms with E-state index in [0.29, 0.717) is 16.0 Å². The van der Waals surface area contributed by atoms with Gasteiger partial charge in [0.2, 0.25) is 0 Å². The molecule has 0 amide bonds. The summed E-state index contributed by atoms with van der Waals surface area (Å²) in [5, 5.41) is 4.77. The van der Waals surface area contributed by atoms with Crippen LogP contribution in [0.1, 0.15) is 5.69 Å². The number of pyridine rings is 1. The van der Waals surface area contributed by atoms with E-state index in [1.165, 1.54) is 0 Å². The molecule has 0 bridgehead atoms. The van der Waals surface area contributed by atoms with Crippen LogP contribution in [0.2, 0.25) is 10.3 Å². The highest BCUT2D eigenvalue weighted by Crippen LogP contribution is 2.20. The molecule has 71 valence electrons. The first-order chi connectivity index (χ1) is 6.68. The van der Waals surface area contributed by atoms with E-state index in [2.05, 4.69) is 16.1 Å². The minimum absolute atomic E-state index is 0.331. The summed E-state index contributed by atoms with van der Waals surface area (Å²) in [7, 11) is 0. The molecule has 5 heteroatoms. The van der Waals surface area contributed by atoms with Crippen molar-refractivity contribution < 1.29 is 0 Å². The fourth-order valence-electron chi connectivity index (χ4n) is 1.13. The molecular weight excluding hydrogens is 221 g/mol. The van der Waals surface area contributed by atoms with Gasteiger partial charge in [-0.1, -0.05) is 23.2 Å². The first-order valence-corrected chi connectivity index (χ1v) is 4.69. The molecular formula is C9H6Cl2N3. The van der Waals surface area contributed by atoms with Gasteiger partial charge in [-0.25, -0.2) is 9.67 Å². The van der Waals surface area contributed by atoms with E-state index in [-0.39, 0.29) is 0 Å². The van der Waals surface area contributed by atoms with E-state index in [9.17, 15) is 0 Å². The minimum atomic E-state index is 0.331. The Bertz CT molecular complexity index is 465. The molecule has 0 saturated carbocycles. The zero-order chi connectivity index (χ0) is 10.1. The molecule has 0 unspecified atom stereocenters. The molecule has 2 aromatic rings. The second kappa shape index (κ2) is 3.59. The van der Waals surface area contributed by atoms with E-state index in [1.807, 2.05) is 6.92 Å². The number of aromatic nitrogens is 3. The zero-order valence-electron chi connectivity index (χ0n) is 7.33. The van der Waals surface area contributed by atoms with Gasteiger partial charge in [0.25, 0.3) is 0 Å². The molecule has 0 aromatic carbocycles. The molecule has 2 heterocycles. The van der Waals surface area contributed by atoms with Crippen LogP contribution in [0.5, 0.6) is 0 Å². The Morgan fingerprint density at radius 2 is 2.14 bits per heavy atom. The lowest BCUT2D eigenvalue weighted by atomic mass is 10.4. The fourth-order valence-corrected chi connectivity index (χ4v) is 1.56. The Morgan fingerprint density at radius 3 is 2.71 bits per heavy atom. The summed E-state index contributed by atoms with van der Waals surface area (Å²) in [6.07, 6.45) is 1.58. The van der Waals surface area contributed by atoms with E-state index in [0.717, 1.165) is 5.69 Å². The van der Waals surface area contributed by atoms with Crippen molar-refractivity contribution in [2.75, 3.05) is 0 Å². The summed E-state index contributed by atoms with van der Waals surface area (Å²) in [5.41, 5.74) is 1.57. The Balaban J connectivity index is 2.58. The fraction of sp³-hybridized carbons (Fsp3) is 0.111. The summed E-state index contributed by atoms with van der Waals surface area (Å²) in [4.78, 5) is 3.93. The molecule has 0 aliphatic carbocycles. The summed E-state index contributed by atoms with van der Waals surface area (Å²) in [5.74, 6) is 0. The van der Waals surface area contributed by atoms with Crippen molar-refractivity contribution in [3.05, 3.63) is 40.4 Å². The maximum absolute atomic E-state index is 5.92. The Hall–Kier alpha value is -1.06. The third-order valence-electron chi connectivity index (χ3n) is 1.79. The summed E-state index contributed by atoms with van der Waals surface area (Å²) in [6, 6.07) is 6.38. The van der Waals surface area contributed by atoms with Gasteiger partial charge in [-0.15, -0.1) is 0 Å². The maximum Gasteiger partial charge on any atom is 0.156 e. The van der Waals surface area contributed by atoms with Gasteiger partial charge in [0.1, 0.15) is 10.8 Å². The maximum atomic E-state index is 5.92. The lowest BCUT2D eigenvalue weighted by Gasteiger charge is -2.05. The quantitative estimate of drug-likeness (QED) is 0.701. The van der Waals surface area contributed by atoms with Crippen molar-refractivity contribution in [2.24, 2.45) is 0 Å². The van der Waals surface area contributed by atoms with Crippen LogP contribution in [-0.4, -0.2) is 14.8 Å². The number of rotatable bonds is 1. The number of hydrogen-bond acceptors (Lipinski definition) is 2. The number of aryl methyl sites for hydroxylation is 1. The summed E-state index contributed by atoms with van der Waals surface area (Å²) in [6.45, 7) is 1.89. The first kappa shape index (κ1) is 9.49. The number of hydrogen-bond donors (Lipinski definition) is 0. The number of nitrogens with zero attached hydrogens (tertiary/aromatic N) is 3. The predicted octanol–water partition coefficient (Wildman–Crippen LogP) is 2.68. The highest BCUT2D eigenvalue weighted by Gasteiger charge is 2.07. The average Bonchev–Trinajstić information content (AvgIpc) is 2.52. The van der Waals surface area contributed by atoms with Gasteiger partial charge < -0.3 is 0 Å². The van der Waals surface area contributed by atoms with Crippen molar-refractivity contribution in [1.82, 2.24) is 14.8 Å². The van der Waals surface area contributed by atoms with Gasteiger partial charge >= 0.3 is 0 Å². The van der Waals surface area contributed by atoms with Crippen LogP contribution < -0.4 is 0 Å². The molecule has 1 radical (unpaired) electrons. The van der Waals surface area contributed by atoms with E-state index in [4.69, 9.17) is 23.2 Å². The zero-order valence-corrected chi connectivity index (χ0v) is 8.84. The van der Waals surface area contributed by atoms with Gasteiger partial charge in [-0.3, -0.25) is 0 Å². The standard InChI is InChI=1S/C9H6Cl2N3/c1-6-4-5-12-14(6)7-2-3-8(10)13-9(7)11/h2-3,5H,1H3. The normalized spacial score (nSPS) is 10.5. The molecule has 3 nitrogen and oxygen atoms in total. The van der Waals surface area contributed by atoms with Gasteiger partial charge in [-0.2, -0.15) is 5.10 Å². The topological polar surface area (TPSA) is 30.7 Å². The van der Waals surface area contributed by atoms with E-state index < -0.39 is 0 Å². The lowest BCUT2D eigenvalue weighted by molar-refractivity contribution is 0.841. The Kier molecular flexibility index (Phi) is 2.44. The Labute approximate surface area is 91.3 Å². The van der Waals surface area contributed by atoms with Crippen LogP contribution in [0.25, 0.3) is 5.69 Å². The van der Waals surface area contributed by atoms with Gasteiger partial charge in [0, 0.05) is 11.8 Å². The summed E-state index contributed by atoms with van der Waals surface area (Å²) >= 11 is 11.6. The molecule has 0 atom stereocenters. The minimum Gasteiger partial charge on any atom is -0.234 e. The molecule has 0 aliphatic heterocycles. The summed E-state index contributed by atoms with van der Waals surface area (Å²) < 4.78 is 1.66. The first-order valence-electron chi connectivity index (χ1n) is 3.93. The van der Waals surface area contributed by atoms with E-state index in [1.54, 1.807) is 23.0 Å². The van der Waals surface area contributed by atoms with Crippen LogP contribution >= 0.6 is 23.2 Å². The molecule has 0 saturated heterocycles. The van der Waals surface area contributed by atoms with Crippen LogP contribution in [0.3, 0.4) is 0 Å². The second-order valence-electron chi connectivity index (χ2n) is 2.73. The van der Waals surface area contributed by atoms with Crippen LogP contribution in [-0.2, 0) is 0 Å². The third-order valence-corrected chi connectivity index (χ3v) is 2.28. The van der Waals surface area contributed by atoms with Crippen LogP contribution in [0.4, 0.5) is 0 Å². The van der Waals surface area contributed by atoms with Crippen molar-refractivity contribution in [3.63, 3.8) is 0 Å². The SMILES string of the molecule is Cc1[c]cnn1-c1ccc(Cl)nc1Cl. The molecule has 14 heavy (non-hydrogen) atoms. The van der Waals surface area contributed by atoms with Crippen molar-refractivity contribution >= 4 is 23.2 Å². The lowest BCUT2D eigenvalue weighted by Crippen LogP contribution is -2.00. The van der Waals surface area contributed by atoms with Gasteiger partial charge in [0.05, 0.1) is 6.20 Å². The van der Waals surface area contributed by atoms with Gasteiger partial charge in [-0.05, 0) is 19.1 Å². The van der Waals surface area contributed by atoms with Crippen molar-refractivity contribution in [3.8, 4) is 5.69 Å². The smallest absolute Gasteiger partial charge is 0.156 e. The monoisotopic (exact) mass is 226 g/mol. The largest absolute Gasteiger partial charge is 0.234 e. The highest BCUT2D eigenvalue weighted by molar-refractivity contribution is 6.33. The molecule has 2 rings (SSSR count). The molecule has 0 fully saturated rings. The Morgan fingerprint density at radius 1 is 1.36 bits per heavy atom. The van der Waals surface area contributed by atoms with Crippen LogP contribution in [0.15, 0.2) is 18.3 Å². The number of halogens is 2. The predicted molar refractivity (Wildman–Crippen MR) is 55.0 cm³/mol. The van der Waals surface area contributed by atoms with Crippen molar-refractivity contribution in [2.45, 2.75) is 6.92 Å². The van der Waals surface area contributed by atoms with Crippen LogP contribution in [0, 0.1) is 13.0 Å². The molecule has 0 aliphatic rings.